The Kier molecular flexibility index (Phi) is 21.9. The van der Waals surface area contributed by atoms with Crippen molar-refractivity contribution in [1.29, 1.82) is 0 Å². The van der Waals surface area contributed by atoms with E-state index < -0.39 is 12.2 Å². The minimum atomic E-state index is -0.533. The minimum Gasteiger partial charge on any atom is -0.491 e. The van der Waals surface area contributed by atoms with Gasteiger partial charge >= 0.3 is 6.15 Å². The summed E-state index contributed by atoms with van der Waals surface area (Å²) >= 11 is 0. The van der Waals surface area contributed by atoms with Crippen molar-refractivity contribution in [1.82, 2.24) is 9.97 Å². The number of aryl methyl sites for hydroxylation is 3. The normalized spacial score (nSPS) is 12.5. The van der Waals surface area contributed by atoms with Crippen LogP contribution in [0.5, 0.6) is 11.5 Å². The van der Waals surface area contributed by atoms with Gasteiger partial charge in [-0.1, -0.05) is 149 Å². The van der Waals surface area contributed by atoms with Crippen LogP contribution in [0.15, 0.2) is 122 Å². The van der Waals surface area contributed by atoms with Crippen LogP contribution in [0.3, 0.4) is 0 Å². The van der Waals surface area contributed by atoms with Crippen LogP contribution in [0.4, 0.5) is 0 Å². The molecule has 10 heteroatoms. The van der Waals surface area contributed by atoms with E-state index in [1.165, 1.54) is 38.9 Å². The van der Waals surface area contributed by atoms with Gasteiger partial charge in [-0.2, -0.15) is 9.59 Å². The molecule has 0 aliphatic heterocycles. The van der Waals surface area contributed by atoms with Crippen molar-refractivity contribution in [3.05, 3.63) is 166 Å². The van der Waals surface area contributed by atoms with Crippen LogP contribution in [-0.4, -0.2) is 58.2 Å². The monoisotopic (exact) mass is 993 g/mol. The molecule has 0 aliphatic carbocycles. The van der Waals surface area contributed by atoms with E-state index in [2.05, 4.69) is 143 Å². The summed E-state index contributed by atoms with van der Waals surface area (Å²) in [6, 6.07) is 34.8. The first-order valence-corrected chi connectivity index (χ1v) is 25.7. The lowest BCUT2D eigenvalue weighted by Gasteiger charge is -2.34. The minimum absolute atomic E-state index is 0.0593. The van der Waals surface area contributed by atoms with Crippen molar-refractivity contribution in [2.45, 2.75) is 152 Å². The van der Waals surface area contributed by atoms with E-state index in [9.17, 15) is 15.0 Å². The molecule has 4 aromatic carbocycles. The lowest BCUT2D eigenvalue weighted by Crippen LogP contribution is -2.32. The molecule has 0 radical (unpaired) electrons. The third kappa shape index (κ3) is 15.3. The second-order valence-electron chi connectivity index (χ2n) is 21.1. The second kappa shape index (κ2) is 27.0. The molecule has 2 atom stereocenters. The molecule has 0 amide bonds. The summed E-state index contributed by atoms with van der Waals surface area (Å²) < 4.78 is 16.8. The van der Waals surface area contributed by atoms with Crippen molar-refractivity contribution < 1.29 is 38.8 Å². The van der Waals surface area contributed by atoms with E-state index in [4.69, 9.17) is 23.8 Å². The molecule has 0 spiro atoms. The van der Waals surface area contributed by atoms with Gasteiger partial charge in [0, 0.05) is 52.3 Å². The molecule has 10 nitrogen and oxygen atoms in total. The Balaban J connectivity index is 0.000000301. The maximum absolute atomic E-state index is 10.5. The fourth-order valence-corrected chi connectivity index (χ4v) is 9.18. The summed E-state index contributed by atoms with van der Waals surface area (Å²) in [4.78, 5) is 35.5. The third-order valence-corrected chi connectivity index (χ3v) is 14.5. The smallest absolute Gasteiger partial charge is 0.373 e. The number of ether oxygens (including phenoxy) is 3. The van der Waals surface area contributed by atoms with Crippen LogP contribution in [-0.2, 0) is 43.0 Å². The van der Waals surface area contributed by atoms with Gasteiger partial charge in [-0.25, -0.2) is 0 Å². The highest BCUT2D eigenvalue weighted by atomic mass is 16.5. The maximum Gasteiger partial charge on any atom is 0.373 e. The van der Waals surface area contributed by atoms with Crippen molar-refractivity contribution in [2.24, 2.45) is 10.8 Å². The fraction of sp³-hybridized carbons (Fsp3) is 0.429. The zero-order valence-corrected chi connectivity index (χ0v) is 45.7. The molecular weight excluding hydrogens is 913 g/mol. The third-order valence-electron chi connectivity index (χ3n) is 14.5. The molecule has 390 valence electrons. The van der Waals surface area contributed by atoms with Gasteiger partial charge in [-0.05, 0) is 131 Å². The standard InChI is InChI=1S/C31H39NO4.C31H41NO2.CO2/c1-7-31(8-2,27-13-14-28(22(3)15-27)36-20-29(34)30(4,5)6)26-11-9-24(10-12-26)25-16-23(17-32-18-25)19-35-21-33;1-8-23-18-25(20-32-19-23)24-11-13-26(14-12-24)31(9-2,10-3)27-15-16-28(22(4)17-27)34-21-29(33)30(5,6)7;2-1-3/h9-18,21,29,34H,7-8,19-20H2,1-6H3;11-20,29,33H,8-10,21H2,1-7H3;. The van der Waals surface area contributed by atoms with Crippen LogP contribution in [0, 0.1) is 24.7 Å². The predicted octanol–water partition coefficient (Wildman–Crippen LogP) is 13.5. The molecule has 0 saturated carbocycles. The Morgan fingerprint density at radius 1 is 0.521 bits per heavy atom. The number of carbonyl (C=O) groups is 1. The van der Waals surface area contributed by atoms with E-state index >= 15 is 0 Å². The lowest BCUT2D eigenvalue weighted by atomic mass is 9.70. The zero-order chi connectivity index (χ0) is 54.0. The van der Waals surface area contributed by atoms with E-state index in [1.807, 2.05) is 72.3 Å². The summed E-state index contributed by atoms with van der Waals surface area (Å²) in [7, 11) is 0. The number of aliphatic hydroxyl groups excluding tert-OH is 2. The molecule has 0 aliphatic rings. The Labute approximate surface area is 435 Å². The number of nitrogens with zero attached hydrogens (tertiary/aromatic N) is 2. The van der Waals surface area contributed by atoms with E-state index in [1.54, 1.807) is 6.20 Å². The second-order valence-corrected chi connectivity index (χ2v) is 21.1. The van der Waals surface area contributed by atoms with E-state index in [0.717, 1.165) is 71.4 Å². The molecular formula is C63H80N2O8. The molecule has 6 aromatic rings. The Bertz CT molecular complexity index is 2690. The van der Waals surface area contributed by atoms with Crippen molar-refractivity contribution in [3.63, 3.8) is 0 Å². The molecule has 2 unspecified atom stereocenters. The van der Waals surface area contributed by atoms with Crippen LogP contribution in [0.2, 0.25) is 0 Å². The Morgan fingerprint density at radius 2 is 0.877 bits per heavy atom. The van der Waals surface area contributed by atoms with Crippen LogP contribution >= 0.6 is 0 Å². The van der Waals surface area contributed by atoms with Crippen LogP contribution < -0.4 is 9.47 Å². The molecule has 2 N–H and O–H groups in total. The number of benzene rings is 4. The first kappa shape index (κ1) is 59.1. The van der Waals surface area contributed by atoms with Crippen molar-refractivity contribution >= 4 is 12.6 Å². The van der Waals surface area contributed by atoms with Gasteiger partial charge in [0.1, 0.15) is 31.3 Å². The Morgan fingerprint density at radius 3 is 1.21 bits per heavy atom. The Hall–Kier alpha value is -6.45. The van der Waals surface area contributed by atoms with E-state index in [0.29, 0.717) is 13.1 Å². The molecule has 73 heavy (non-hydrogen) atoms. The number of pyridine rings is 2. The number of hydrogen-bond acceptors (Lipinski definition) is 10. The molecule has 0 bridgehead atoms. The number of rotatable bonds is 20. The van der Waals surface area contributed by atoms with Gasteiger partial charge in [-0.3, -0.25) is 14.8 Å². The zero-order valence-electron chi connectivity index (χ0n) is 45.7. The SMILES string of the molecule is CCC(CC)(c1ccc(-c2cncc(COC=O)c2)cc1)c1ccc(OCC(O)C(C)(C)C)c(C)c1.CCc1cncc(-c2ccc(C(CC)(CC)c3ccc(OCC(O)C(C)(C)C)c(C)c3)cc2)c1.O=C=O. The van der Waals surface area contributed by atoms with Gasteiger partial charge in [0.2, 0.25) is 0 Å². The molecule has 0 saturated heterocycles. The number of carbonyl (C=O) groups excluding carboxylic acids is 3. The summed E-state index contributed by atoms with van der Waals surface area (Å²) in [5.41, 5.74) is 13.3. The highest BCUT2D eigenvalue weighted by molar-refractivity contribution is 5.65. The first-order valence-electron chi connectivity index (χ1n) is 25.7. The van der Waals surface area contributed by atoms with Gasteiger partial charge in [0.15, 0.2) is 0 Å². The number of aromatic nitrogens is 2. The molecule has 2 heterocycles. The summed E-state index contributed by atoms with van der Waals surface area (Å²) in [5, 5.41) is 20.7. The van der Waals surface area contributed by atoms with E-state index in [-0.39, 0.29) is 41.0 Å². The van der Waals surface area contributed by atoms with Crippen molar-refractivity contribution in [3.8, 4) is 33.8 Å². The summed E-state index contributed by atoms with van der Waals surface area (Å²) in [6.07, 6.45) is 11.6. The average molecular weight is 993 g/mol. The highest BCUT2D eigenvalue weighted by Gasteiger charge is 2.33. The topological polar surface area (TPSA) is 145 Å². The number of aliphatic hydroxyl groups is 2. The quantitative estimate of drug-likeness (QED) is 0.0709. The van der Waals surface area contributed by atoms with Crippen LogP contribution in [0.1, 0.15) is 146 Å². The van der Waals surface area contributed by atoms with Gasteiger partial charge in [-0.15, -0.1) is 0 Å². The summed E-state index contributed by atoms with van der Waals surface area (Å²) in [5.74, 6) is 1.65. The largest absolute Gasteiger partial charge is 0.491 e. The lowest BCUT2D eigenvalue weighted by molar-refractivity contribution is -0.191. The predicted molar refractivity (Wildman–Crippen MR) is 292 cm³/mol. The molecule has 6 rings (SSSR count). The first-order chi connectivity index (χ1) is 34.7. The average Bonchev–Trinajstić information content (AvgIpc) is 3.38. The van der Waals surface area contributed by atoms with Gasteiger partial charge in [0.05, 0.1) is 12.2 Å². The fourth-order valence-electron chi connectivity index (χ4n) is 9.18. The highest BCUT2D eigenvalue weighted by Crippen LogP contribution is 2.43. The van der Waals surface area contributed by atoms with Crippen molar-refractivity contribution in [2.75, 3.05) is 13.2 Å². The summed E-state index contributed by atoms with van der Waals surface area (Å²) in [6.45, 7) is 28.7. The molecule has 2 aromatic heterocycles. The maximum atomic E-state index is 10.5. The van der Waals surface area contributed by atoms with Crippen LogP contribution in [0.25, 0.3) is 22.3 Å². The number of hydrogen-bond donors (Lipinski definition) is 2. The van der Waals surface area contributed by atoms with Gasteiger partial charge in [0.25, 0.3) is 6.47 Å². The van der Waals surface area contributed by atoms with Gasteiger partial charge < -0.3 is 24.4 Å². The molecule has 0 fully saturated rings.